The number of allylic oxidation sites excluding steroid dienone is 2. The lowest BCUT2D eigenvalue weighted by Gasteiger charge is -2.57. The van der Waals surface area contributed by atoms with Gasteiger partial charge in [-0.1, -0.05) is 13.8 Å². The summed E-state index contributed by atoms with van der Waals surface area (Å²) in [7, 11) is 0. The number of ether oxygens (including phenoxy) is 4. The Morgan fingerprint density at radius 3 is 2.27 bits per heavy atom. The van der Waals surface area contributed by atoms with E-state index in [1.807, 2.05) is 0 Å². The van der Waals surface area contributed by atoms with Crippen molar-refractivity contribution in [3.63, 3.8) is 0 Å². The van der Waals surface area contributed by atoms with Crippen LogP contribution in [0.5, 0.6) is 0 Å². The molecule has 0 aromatic heterocycles. The van der Waals surface area contributed by atoms with E-state index in [0.717, 1.165) is 19.3 Å². The molecule has 6 fully saturated rings. The minimum atomic E-state index is -4.81. The Bertz CT molecular complexity index is 1390. The van der Waals surface area contributed by atoms with Gasteiger partial charge < -0.3 is 18.9 Å². The zero-order chi connectivity index (χ0) is 37.3. The summed E-state index contributed by atoms with van der Waals surface area (Å²) in [5.41, 5.74) is -0.771. The summed E-state index contributed by atoms with van der Waals surface area (Å²) in [6, 6.07) is 0. The summed E-state index contributed by atoms with van der Waals surface area (Å²) in [6.07, 6.45) is -5.27. The summed E-state index contributed by atoms with van der Waals surface area (Å²) in [5, 5.41) is 10.0. The van der Waals surface area contributed by atoms with Gasteiger partial charge >= 0.3 is 18.3 Å². The lowest BCUT2D eigenvalue weighted by atomic mass is 9.59. The Labute approximate surface area is 309 Å². The van der Waals surface area contributed by atoms with Crippen LogP contribution in [0, 0.1) is 41.4 Å². The molecule has 2 aliphatic carbocycles. The highest BCUT2D eigenvalue weighted by Gasteiger charge is 2.70. The minimum Gasteiger partial charge on any atom is -0.456 e. The highest BCUT2D eigenvalue weighted by molar-refractivity contribution is 8.00. The first-order chi connectivity index (χ1) is 24.5. The van der Waals surface area contributed by atoms with E-state index in [1.54, 1.807) is 13.8 Å². The van der Waals surface area contributed by atoms with Crippen LogP contribution in [0.2, 0.25) is 0 Å². The maximum Gasteiger partial charge on any atom is 0.449 e. The second-order valence-electron chi connectivity index (χ2n) is 16.1. The Morgan fingerprint density at radius 2 is 1.54 bits per heavy atom. The number of halogens is 6. The number of alkyl halides is 6. The molecule has 0 amide bonds. The van der Waals surface area contributed by atoms with Gasteiger partial charge in [0.25, 0.3) is 0 Å². The van der Waals surface area contributed by atoms with Crippen molar-refractivity contribution < 1.29 is 65.2 Å². The molecule has 6 heterocycles. The van der Waals surface area contributed by atoms with Crippen LogP contribution in [0.1, 0.15) is 91.9 Å². The number of hydrogen-bond donors (Lipinski definition) is 1. The SMILES string of the molecule is C[C@@H]1CC[C@H]2C(CSCCCSCCC3=C(C(F)(F)F)O[C@@H]4O[C@@]5(C)CCC6[C@H](C)CC[C@@H]3[C@]64OO5)=C(C(F)(F)F)O[C@@]3(OO)O[C@@H](C)CCC1C23. The molecule has 0 radical (unpaired) electrons. The van der Waals surface area contributed by atoms with Crippen molar-refractivity contribution >= 4 is 23.5 Å². The molecule has 8 rings (SSSR count). The molecule has 6 aliphatic heterocycles. The van der Waals surface area contributed by atoms with E-state index in [0.29, 0.717) is 55.8 Å². The van der Waals surface area contributed by atoms with E-state index in [2.05, 4.69) is 13.8 Å². The molecule has 3 unspecified atom stereocenters. The van der Waals surface area contributed by atoms with Crippen molar-refractivity contribution in [2.75, 3.05) is 23.0 Å². The lowest BCUT2D eigenvalue weighted by Crippen LogP contribution is -2.67. The smallest absolute Gasteiger partial charge is 0.449 e. The number of thioether (sulfide) groups is 2. The summed E-state index contributed by atoms with van der Waals surface area (Å²) in [6.45, 7) is 7.60. The fourth-order valence-electron chi connectivity index (χ4n) is 10.4. The predicted octanol–water partition coefficient (Wildman–Crippen LogP) is 9.76. The van der Waals surface area contributed by atoms with Gasteiger partial charge in [0.15, 0.2) is 5.60 Å². The second kappa shape index (κ2) is 14.6. The zero-order valence-electron chi connectivity index (χ0n) is 30.0. The minimum absolute atomic E-state index is 0.0366. The zero-order valence-corrected chi connectivity index (χ0v) is 31.6. The quantitative estimate of drug-likeness (QED) is 0.100. The molecule has 1 spiro atoms. The van der Waals surface area contributed by atoms with Gasteiger partial charge in [-0.05, 0) is 124 Å². The third kappa shape index (κ3) is 6.93. The van der Waals surface area contributed by atoms with Gasteiger partial charge in [0, 0.05) is 24.0 Å². The average Bonchev–Trinajstić information content (AvgIpc) is 3.40. The van der Waals surface area contributed by atoms with Crippen LogP contribution in [0.25, 0.3) is 0 Å². The van der Waals surface area contributed by atoms with Gasteiger partial charge in [-0.15, -0.1) is 0 Å². The van der Waals surface area contributed by atoms with Crippen molar-refractivity contribution in [1.82, 2.24) is 0 Å². The third-order valence-electron chi connectivity index (χ3n) is 12.9. The highest BCUT2D eigenvalue weighted by atomic mass is 32.2. The van der Waals surface area contributed by atoms with Gasteiger partial charge in [0.2, 0.25) is 23.6 Å². The molecule has 0 aromatic carbocycles. The Balaban J connectivity index is 0.988. The number of hydrogen-bond acceptors (Lipinski definition) is 10. The Morgan fingerprint density at radius 1 is 0.808 bits per heavy atom. The van der Waals surface area contributed by atoms with Gasteiger partial charge in [0.1, 0.15) is 0 Å². The monoisotopic (exact) mass is 788 g/mol. The summed E-state index contributed by atoms with van der Waals surface area (Å²) >= 11 is 2.90. The summed E-state index contributed by atoms with van der Waals surface area (Å²) in [5.74, 6) is -5.17. The predicted molar refractivity (Wildman–Crippen MR) is 180 cm³/mol. The standard InChI is InChI=1S/C36H50F6O8S2/c1-19-6-9-23-25(30(35(40,41)42)46-36(48-43)28(23)22(19)10-8-21(3)45-36)18-52-16-5-15-51-17-13-24-27-11-7-20(2)26-12-14-32(4)47-31(33(26,27)50-49-32)44-29(24)34(37,38)39/h19-23,26-28,31,43H,5-18H2,1-4H3/t19-,20-,21+,22?,23+,26?,27+,28?,31-,32-,33-,36+/m1/s1. The van der Waals surface area contributed by atoms with Gasteiger partial charge in [0.05, 0.1) is 12.0 Å². The van der Waals surface area contributed by atoms with E-state index < -0.39 is 71.4 Å². The molecule has 2 bridgehead atoms. The van der Waals surface area contributed by atoms with E-state index in [1.165, 1.54) is 23.5 Å². The fraction of sp³-hybridized carbons (Fsp3) is 0.889. The Hall–Kier alpha value is -0.880. The molecule has 2 saturated carbocycles. The molecule has 52 heavy (non-hydrogen) atoms. The molecular weight excluding hydrogens is 739 g/mol. The van der Waals surface area contributed by atoms with Crippen LogP contribution in [-0.2, 0) is 33.6 Å². The van der Waals surface area contributed by atoms with Crippen LogP contribution in [0.15, 0.2) is 22.7 Å². The molecule has 0 aromatic rings. The van der Waals surface area contributed by atoms with Crippen molar-refractivity contribution in [1.29, 1.82) is 0 Å². The van der Waals surface area contributed by atoms with E-state index in [9.17, 15) is 31.6 Å². The summed E-state index contributed by atoms with van der Waals surface area (Å²) < 4.78 is 110. The van der Waals surface area contributed by atoms with E-state index in [4.69, 9.17) is 33.6 Å². The van der Waals surface area contributed by atoms with Crippen LogP contribution in [0.3, 0.4) is 0 Å². The third-order valence-corrected chi connectivity index (χ3v) is 15.0. The van der Waals surface area contributed by atoms with Gasteiger partial charge in [-0.25, -0.2) is 15.0 Å². The Kier molecular flexibility index (Phi) is 11.0. The normalized spacial score (nSPS) is 43.2. The molecule has 8 aliphatic rings. The maximum absolute atomic E-state index is 14.5. The fourth-order valence-corrected chi connectivity index (χ4v) is 12.6. The molecule has 16 heteroatoms. The van der Waals surface area contributed by atoms with Crippen LogP contribution >= 0.6 is 23.5 Å². The lowest BCUT2D eigenvalue weighted by molar-refractivity contribution is -0.557. The van der Waals surface area contributed by atoms with E-state index >= 15 is 0 Å². The molecule has 12 atom stereocenters. The molecular formula is C36H50F6O8S2. The van der Waals surface area contributed by atoms with Crippen molar-refractivity contribution in [2.45, 2.75) is 134 Å². The van der Waals surface area contributed by atoms with Crippen molar-refractivity contribution in [2.24, 2.45) is 41.4 Å². The topological polar surface area (TPSA) is 84.8 Å². The van der Waals surface area contributed by atoms with Gasteiger partial charge in [-0.2, -0.15) is 54.8 Å². The molecule has 4 saturated heterocycles. The average molecular weight is 789 g/mol. The van der Waals surface area contributed by atoms with Crippen LogP contribution in [0.4, 0.5) is 26.3 Å². The molecule has 1 N–H and O–H groups in total. The van der Waals surface area contributed by atoms with E-state index in [-0.39, 0.29) is 47.0 Å². The van der Waals surface area contributed by atoms with Crippen molar-refractivity contribution in [3.8, 4) is 0 Å². The second-order valence-corrected chi connectivity index (χ2v) is 18.4. The first-order valence-corrected chi connectivity index (χ1v) is 21.0. The molecule has 296 valence electrons. The summed E-state index contributed by atoms with van der Waals surface area (Å²) in [4.78, 5) is 16.5. The largest absolute Gasteiger partial charge is 0.456 e. The van der Waals surface area contributed by atoms with Crippen LogP contribution in [-0.4, -0.2) is 70.4 Å². The first kappa shape index (κ1) is 39.4. The van der Waals surface area contributed by atoms with Crippen LogP contribution < -0.4 is 0 Å². The number of fused-ring (bicyclic) bond motifs is 2. The first-order valence-electron chi connectivity index (χ1n) is 18.7. The maximum atomic E-state index is 14.5. The number of rotatable bonds is 10. The molecule has 8 nitrogen and oxygen atoms in total. The van der Waals surface area contributed by atoms with Gasteiger partial charge in [-0.3, -0.25) is 0 Å². The highest BCUT2D eigenvalue weighted by Crippen LogP contribution is 2.62. The van der Waals surface area contributed by atoms with Crippen molar-refractivity contribution in [3.05, 3.63) is 22.7 Å².